The highest BCUT2D eigenvalue weighted by Gasteiger charge is 2.11. The van der Waals surface area contributed by atoms with Crippen molar-refractivity contribution in [2.75, 3.05) is 0 Å². The Hall–Kier alpha value is -2.58. The van der Waals surface area contributed by atoms with E-state index in [1.807, 2.05) is 0 Å². The van der Waals surface area contributed by atoms with Gasteiger partial charge < -0.3 is 15.5 Å². The summed E-state index contributed by atoms with van der Waals surface area (Å²) in [5.41, 5.74) is 5.05. The van der Waals surface area contributed by atoms with Gasteiger partial charge in [0.25, 0.3) is 5.56 Å². The molecule has 9 nitrogen and oxygen atoms in total. The van der Waals surface area contributed by atoms with Crippen LogP contribution in [0, 0.1) is 0 Å². The third-order valence-corrected chi connectivity index (χ3v) is 2.84. The number of amidine groups is 1. The third-order valence-electron chi connectivity index (χ3n) is 2.84. The smallest absolute Gasteiger partial charge is 0.329 e. The normalized spacial score (nSPS) is 12.2. The fourth-order valence-corrected chi connectivity index (χ4v) is 1.84. The zero-order valence-corrected chi connectivity index (χ0v) is 10.3. The summed E-state index contributed by atoms with van der Waals surface area (Å²) in [6.07, 6.45) is 2.48. The first-order valence-corrected chi connectivity index (χ1v) is 5.65. The topological polar surface area (TPSA) is 131 Å². The van der Waals surface area contributed by atoms with E-state index in [4.69, 9.17) is 10.9 Å². The maximum absolute atomic E-state index is 11.8. The van der Waals surface area contributed by atoms with Crippen LogP contribution >= 0.6 is 0 Å². The fraction of sp³-hybridized carbons (Fsp3) is 0.400. The molecule has 0 aromatic carbocycles. The van der Waals surface area contributed by atoms with Gasteiger partial charge in [-0.2, -0.15) is 0 Å². The Labute approximate surface area is 107 Å². The van der Waals surface area contributed by atoms with E-state index in [0.29, 0.717) is 30.6 Å². The van der Waals surface area contributed by atoms with E-state index in [1.165, 1.54) is 17.9 Å². The number of aromatic amines is 1. The van der Waals surface area contributed by atoms with Crippen LogP contribution < -0.4 is 17.0 Å². The van der Waals surface area contributed by atoms with Crippen molar-refractivity contribution in [2.24, 2.45) is 17.9 Å². The van der Waals surface area contributed by atoms with Gasteiger partial charge in [0, 0.05) is 20.0 Å². The molecule has 19 heavy (non-hydrogen) atoms. The van der Waals surface area contributed by atoms with Crippen LogP contribution in [0.4, 0.5) is 0 Å². The highest BCUT2D eigenvalue weighted by atomic mass is 16.4. The quantitative estimate of drug-likeness (QED) is 0.281. The molecule has 2 aromatic rings. The summed E-state index contributed by atoms with van der Waals surface area (Å²) in [4.78, 5) is 29.4. The summed E-state index contributed by atoms with van der Waals surface area (Å²) in [7, 11) is 1.54. The number of aryl methyl sites for hydroxylation is 2. The highest BCUT2D eigenvalue weighted by molar-refractivity contribution is 5.79. The van der Waals surface area contributed by atoms with Crippen LogP contribution in [0.2, 0.25) is 0 Å². The molecule has 0 radical (unpaired) electrons. The molecule has 0 unspecified atom stereocenters. The minimum Gasteiger partial charge on any atom is -0.409 e. The van der Waals surface area contributed by atoms with Gasteiger partial charge >= 0.3 is 5.69 Å². The van der Waals surface area contributed by atoms with Crippen LogP contribution in [0.15, 0.2) is 21.1 Å². The number of H-pyrrole nitrogens is 1. The lowest BCUT2D eigenvalue weighted by Gasteiger charge is -2.03. The number of imidazole rings is 1. The number of fused-ring (bicyclic) bond motifs is 1. The van der Waals surface area contributed by atoms with Gasteiger partial charge in [0.2, 0.25) is 0 Å². The first kappa shape index (κ1) is 12.9. The first-order chi connectivity index (χ1) is 9.04. The monoisotopic (exact) mass is 266 g/mol. The molecule has 0 bridgehead atoms. The average molecular weight is 266 g/mol. The zero-order chi connectivity index (χ0) is 14.0. The van der Waals surface area contributed by atoms with Crippen molar-refractivity contribution in [1.29, 1.82) is 0 Å². The van der Waals surface area contributed by atoms with Crippen molar-refractivity contribution in [3.05, 3.63) is 27.2 Å². The number of nitrogens with two attached hydrogens (primary N) is 1. The average Bonchev–Trinajstić information content (AvgIpc) is 2.80. The van der Waals surface area contributed by atoms with Crippen molar-refractivity contribution < 1.29 is 5.21 Å². The van der Waals surface area contributed by atoms with Crippen molar-refractivity contribution in [3.63, 3.8) is 0 Å². The number of oxime groups is 1. The summed E-state index contributed by atoms with van der Waals surface area (Å²) in [6.45, 7) is 0.480. The molecule has 0 amide bonds. The Morgan fingerprint density at radius 2 is 2.32 bits per heavy atom. The van der Waals surface area contributed by atoms with Gasteiger partial charge in [-0.05, 0) is 6.42 Å². The molecule has 2 rings (SSSR count). The number of rotatable bonds is 4. The van der Waals surface area contributed by atoms with E-state index in [2.05, 4.69) is 15.1 Å². The number of nitrogens with one attached hydrogen (secondary N) is 1. The Balaban J connectivity index is 2.33. The van der Waals surface area contributed by atoms with Gasteiger partial charge in [-0.3, -0.25) is 14.3 Å². The largest absolute Gasteiger partial charge is 0.409 e. The molecule has 0 aliphatic rings. The zero-order valence-electron chi connectivity index (χ0n) is 10.3. The van der Waals surface area contributed by atoms with Crippen molar-refractivity contribution >= 4 is 17.0 Å². The molecular weight excluding hydrogens is 252 g/mol. The van der Waals surface area contributed by atoms with Gasteiger partial charge in [-0.25, -0.2) is 9.78 Å². The first-order valence-electron chi connectivity index (χ1n) is 5.65. The summed E-state index contributed by atoms with van der Waals surface area (Å²) >= 11 is 0. The molecule has 2 aromatic heterocycles. The van der Waals surface area contributed by atoms with Gasteiger partial charge in [0.15, 0.2) is 11.2 Å². The standard InChI is InChI=1S/C10H14N6O3/c1-15-8-7(9(17)13-10(15)18)16(5-12-8)4-2-3-6(11)14-19/h5,19H,2-4H2,1H3,(H2,11,14)(H,13,17,18). The predicted octanol–water partition coefficient (Wildman–Crippen LogP) is -1.05. The summed E-state index contributed by atoms with van der Waals surface area (Å²) in [6, 6.07) is 0. The lowest BCUT2D eigenvalue weighted by Crippen LogP contribution is -2.29. The van der Waals surface area contributed by atoms with Crippen LogP contribution in [-0.2, 0) is 13.6 Å². The lowest BCUT2D eigenvalue weighted by molar-refractivity contribution is 0.316. The van der Waals surface area contributed by atoms with E-state index >= 15 is 0 Å². The molecule has 0 saturated carbocycles. The van der Waals surface area contributed by atoms with Crippen molar-refractivity contribution in [3.8, 4) is 0 Å². The molecular formula is C10H14N6O3. The number of hydrogen-bond donors (Lipinski definition) is 3. The van der Waals surface area contributed by atoms with Crippen LogP contribution in [0.5, 0.6) is 0 Å². The minimum atomic E-state index is -0.501. The van der Waals surface area contributed by atoms with Gasteiger partial charge in [-0.15, -0.1) is 0 Å². The Morgan fingerprint density at radius 1 is 1.58 bits per heavy atom. The number of hydrogen-bond acceptors (Lipinski definition) is 5. The number of nitrogens with zero attached hydrogens (tertiary/aromatic N) is 4. The van der Waals surface area contributed by atoms with Crippen LogP contribution in [0.1, 0.15) is 12.8 Å². The Morgan fingerprint density at radius 3 is 3.00 bits per heavy atom. The van der Waals surface area contributed by atoms with Crippen LogP contribution in [0.25, 0.3) is 11.2 Å². The summed E-state index contributed by atoms with van der Waals surface area (Å²) < 4.78 is 2.91. The lowest BCUT2D eigenvalue weighted by atomic mass is 10.3. The number of aromatic nitrogens is 4. The fourth-order valence-electron chi connectivity index (χ4n) is 1.84. The summed E-state index contributed by atoms with van der Waals surface area (Å²) in [5, 5.41) is 11.3. The van der Waals surface area contributed by atoms with Crippen molar-refractivity contribution in [1.82, 2.24) is 19.1 Å². The van der Waals surface area contributed by atoms with E-state index in [1.54, 1.807) is 4.57 Å². The Bertz CT molecular complexity index is 738. The maximum atomic E-state index is 11.8. The van der Waals surface area contributed by atoms with Crippen LogP contribution in [0.3, 0.4) is 0 Å². The third kappa shape index (κ3) is 2.34. The van der Waals surface area contributed by atoms with Gasteiger partial charge in [0.05, 0.1) is 6.33 Å². The molecule has 4 N–H and O–H groups in total. The SMILES string of the molecule is Cn1c(=O)[nH]c(=O)c2c1ncn2CCCC(N)=NO. The molecule has 102 valence electrons. The molecule has 0 aliphatic carbocycles. The van der Waals surface area contributed by atoms with Gasteiger partial charge in [-0.1, -0.05) is 5.16 Å². The molecule has 0 saturated heterocycles. The maximum Gasteiger partial charge on any atom is 0.329 e. The second kappa shape index (κ2) is 4.96. The Kier molecular flexibility index (Phi) is 3.36. The minimum absolute atomic E-state index is 0.130. The summed E-state index contributed by atoms with van der Waals surface area (Å²) in [5.74, 6) is 0.130. The molecule has 0 spiro atoms. The van der Waals surface area contributed by atoms with E-state index in [-0.39, 0.29) is 5.84 Å². The highest BCUT2D eigenvalue weighted by Crippen LogP contribution is 2.06. The molecule has 9 heteroatoms. The molecule has 2 heterocycles. The van der Waals surface area contributed by atoms with E-state index in [9.17, 15) is 9.59 Å². The van der Waals surface area contributed by atoms with Crippen LogP contribution in [-0.4, -0.2) is 30.1 Å². The predicted molar refractivity (Wildman–Crippen MR) is 68.2 cm³/mol. The second-order valence-electron chi connectivity index (χ2n) is 4.12. The molecule has 0 fully saturated rings. The van der Waals surface area contributed by atoms with Gasteiger partial charge in [0.1, 0.15) is 5.84 Å². The van der Waals surface area contributed by atoms with Crippen molar-refractivity contribution in [2.45, 2.75) is 19.4 Å². The second-order valence-corrected chi connectivity index (χ2v) is 4.12. The molecule has 0 atom stereocenters. The molecule has 0 aliphatic heterocycles. The van der Waals surface area contributed by atoms with E-state index < -0.39 is 11.2 Å². The van der Waals surface area contributed by atoms with E-state index in [0.717, 1.165) is 0 Å².